The zero-order valence-electron chi connectivity index (χ0n) is 22.4. The summed E-state index contributed by atoms with van der Waals surface area (Å²) >= 11 is 0. The van der Waals surface area contributed by atoms with Crippen molar-refractivity contribution in [1.29, 1.82) is 0 Å². The van der Waals surface area contributed by atoms with Gasteiger partial charge in [-0.15, -0.1) is 0 Å². The first kappa shape index (κ1) is 29.9. The Morgan fingerprint density at radius 1 is 1.00 bits per heavy atom. The summed E-state index contributed by atoms with van der Waals surface area (Å²) in [6.07, 6.45) is -1.30. The number of rotatable bonds is 12. The van der Waals surface area contributed by atoms with Gasteiger partial charge in [0, 0.05) is 19.0 Å². The summed E-state index contributed by atoms with van der Waals surface area (Å²) in [4.78, 5) is 24.2. The highest BCUT2D eigenvalue weighted by molar-refractivity contribution is 7.89. The number of amides is 1. The summed E-state index contributed by atoms with van der Waals surface area (Å²) < 4.78 is 44.8. The minimum atomic E-state index is -4.11. The average molecular weight is 559 g/mol. The quantitative estimate of drug-likeness (QED) is 0.227. The number of aromatic hydroxyl groups is 1. The number of para-hydroxylation sites is 1. The van der Waals surface area contributed by atoms with E-state index in [1.165, 1.54) is 19.2 Å². The molecule has 11 heteroatoms. The number of phenols is 1. The van der Waals surface area contributed by atoms with Crippen molar-refractivity contribution in [3.8, 4) is 11.5 Å². The fourth-order valence-corrected chi connectivity index (χ4v) is 4.88. The molecule has 0 spiro atoms. The topological polar surface area (TPSA) is 140 Å². The van der Waals surface area contributed by atoms with Gasteiger partial charge in [0.25, 0.3) is 0 Å². The molecule has 1 amide bonds. The van der Waals surface area contributed by atoms with Crippen LogP contribution in [0.25, 0.3) is 10.8 Å². The number of sulfonamides is 1. The second-order valence-corrected chi connectivity index (χ2v) is 11.4. The molecule has 0 bridgehead atoms. The van der Waals surface area contributed by atoms with Crippen molar-refractivity contribution in [2.75, 3.05) is 20.4 Å². The van der Waals surface area contributed by atoms with Gasteiger partial charge in [-0.3, -0.25) is 9.59 Å². The molecule has 0 aliphatic rings. The van der Waals surface area contributed by atoms with Crippen molar-refractivity contribution < 1.29 is 37.3 Å². The minimum Gasteiger partial charge on any atom is -0.508 e. The molecule has 3 rings (SSSR count). The Balaban J connectivity index is 1.65. The predicted molar refractivity (Wildman–Crippen MR) is 146 cm³/mol. The lowest BCUT2D eigenvalue weighted by Gasteiger charge is -2.22. The third-order valence-electron chi connectivity index (χ3n) is 5.61. The van der Waals surface area contributed by atoms with Gasteiger partial charge < -0.3 is 24.6 Å². The summed E-state index contributed by atoms with van der Waals surface area (Å²) in [6.45, 7) is 4.62. The molecule has 3 N–H and O–H groups in total. The fourth-order valence-electron chi connectivity index (χ4n) is 3.85. The molecule has 0 aromatic heterocycles. The minimum absolute atomic E-state index is 0.110. The molecular weight excluding hydrogens is 524 g/mol. The monoisotopic (exact) mass is 558 g/mol. The maximum Gasteiger partial charge on any atom is 0.309 e. The van der Waals surface area contributed by atoms with Crippen molar-refractivity contribution in [3.05, 3.63) is 66.2 Å². The van der Waals surface area contributed by atoms with Crippen LogP contribution in [-0.4, -0.2) is 57.5 Å². The van der Waals surface area contributed by atoms with Gasteiger partial charge in [0.1, 0.15) is 34.8 Å². The van der Waals surface area contributed by atoms with Gasteiger partial charge in [-0.2, -0.15) is 4.72 Å². The first-order valence-corrected chi connectivity index (χ1v) is 13.9. The Morgan fingerprint density at radius 2 is 1.69 bits per heavy atom. The first-order chi connectivity index (χ1) is 18.4. The molecule has 3 aromatic carbocycles. The number of phenolic OH excluding ortho intramolecular Hbond substituents is 1. The second kappa shape index (κ2) is 12.9. The summed E-state index contributed by atoms with van der Waals surface area (Å²) in [5.41, 5.74) is -0.0488. The molecule has 0 saturated heterocycles. The van der Waals surface area contributed by atoms with E-state index in [4.69, 9.17) is 14.2 Å². The SMILES string of the molecule is CNC(=O)C(CC(=O)OC(C)(C)C)OCNS(=O)(=O)c1ccccc1OCCc1c(O)ccc2ccccc12. The zero-order chi connectivity index (χ0) is 28.6. The normalized spacial score (nSPS) is 12.6. The number of likely N-dealkylation sites (N-methyl/N-ethyl adjacent to an activating group) is 1. The maximum atomic E-state index is 13.0. The molecule has 39 heavy (non-hydrogen) atoms. The number of ether oxygens (including phenoxy) is 3. The molecule has 10 nitrogen and oxygen atoms in total. The predicted octanol–water partition coefficient (Wildman–Crippen LogP) is 3.27. The highest BCUT2D eigenvalue weighted by atomic mass is 32.2. The lowest BCUT2D eigenvalue weighted by Crippen LogP contribution is -2.40. The van der Waals surface area contributed by atoms with Gasteiger partial charge in [0.05, 0.1) is 13.0 Å². The molecule has 1 atom stereocenters. The Kier molecular flexibility index (Phi) is 9.90. The average Bonchev–Trinajstić information content (AvgIpc) is 2.88. The number of carbonyl (C=O) groups is 2. The number of esters is 1. The van der Waals surface area contributed by atoms with Crippen LogP contribution in [-0.2, 0) is 35.5 Å². The summed E-state index contributed by atoms with van der Waals surface area (Å²) in [5, 5.41) is 14.6. The van der Waals surface area contributed by atoms with E-state index in [0.717, 1.165) is 10.8 Å². The molecule has 1 unspecified atom stereocenters. The highest BCUT2D eigenvalue weighted by Gasteiger charge is 2.27. The molecule has 0 heterocycles. The number of nitrogens with one attached hydrogen (secondary N) is 2. The zero-order valence-corrected chi connectivity index (χ0v) is 23.2. The van der Waals surface area contributed by atoms with Crippen molar-refractivity contribution in [2.24, 2.45) is 0 Å². The van der Waals surface area contributed by atoms with E-state index < -0.39 is 40.3 Å². The number of hydrogen-bond acceptors (Lipinski definition) is 8. The van der Waals surface area contributed by atoms with Crippen LogP contribution in [0.5, 0.6) is 11.5 Å². The lowest BCUT2D eigenvalue weighted by atomic mass is 10.0. The lowest BCUT2D eigenvalue weighted by molar-refractivity contribution is -0.160. The van der Waals surface area contributed by atoms with E-state index in [0.29, 0.717) is 12.0 Å². The number of carbonyl (C=O) groups excluding carboxylic acids is 2. The summed E-state index contributed by atoms with van der Waals surface area (Å²) in [5.74, 6) is -1.01. The Hall–Kier alpha value is -3.67. The number of fused-ring (bicyclic) bond motifs is 1. The summed E-state index contributed by atoms with van der Waals surface area (Å²) in [6, 6.07) is 17.2. The van der Waals surface area contributed by atoms with Crippen molar-refractivity contribution >= 4 is 32.7 Å². The number of benzene rings is 3. The van der Waals surface area contributed by atoms with Gasteiger partial charge in [-0.1, -0.05) is 42.5 Å². The maximum absolute atomic E-state index is 13.0. The van der Waals surface area contributed by atoms with Gasteiger partial charge in [0.2, 0.25) is 15.9 Å². The van der Waals surface area contributed by atoms with E-state index in [9.17, 15) is 23.1 Å². The van der Waals surface area contributed by atoms with E-state index in [1.807, 2.05) is 30.3 Å². The van der Waals surface area contributed by atoms with Gasteiger partial charge in [-0.25, -0.2) is 8.42 Å². The molecule has 0 aliphatic heterocycles. The van der Waals surface area contributed by atoms with Crippen LogP contribution in [0.4, 0.5) is 0 Å². The third kappa shape index (κ3) is 8.41. The molecule has 0 radical (unpaired) electrons. The van der Waals surface area contributed by atoms with Crippen LogP contribution in [0.15, 0.2) is 65.6 Å². The van der Waals surface area contributed by atoms with Gasteiger partial charge in [0.15, 0.2) is 0 Å². The standard InChI is InChI=1S/C28H34N2O8S/c1-28(2,3)38-26(32)17-24(27(33)29-4)37-18-30-39(34,35)25-12-8-7-11-23(25)36-16-15-21-20-10-6-5-9-19(20)13-14-22(21)31/h5-14,24,30-31H,15-18H2,1-4H3,(H,29,33). The highest BCUT2D eigenvalue weighted by Crippen LogP contribution is 2.28. The first-order valence-electron chi connectivity index (χ1n) is 12.4. The number of hydrogen-bond donors (Lipinski definition) is 3. The van der Waals surface area contributed by atoms with Crippen molar-refractivity contribution in [1.82, 2.24) is 10.0 Å². The van der Waals surface area contributed by atoms with Crippen LogP contribution in [0, 0.1) is 0 Å². The molecule has 0 saturated carbocycles. The Bertz CT molecular complexity index is 1420. The van der Waals surface area contributed by atoms with Crippen molar-refractivity contribution in [3.63, 3.8) is 0 Å². The molecule has 0 fully saturated rings. The van der Waals surface area contributed by atoms with Crippen LogP contribution in [0.1, 0.15) is 32.8 Å². The smallest absolute Gasteiger partial charge is 0.309 e. The van der Waals surface area contributed by atoms with Crippen LogP contribution in [0.3, 0.4) is 0 Å². The van der Waals surface area contributed by atoms with Crippen LogP contribution in [0.2, 0.25) is 0 Å². The van der Waals surface area contributed by atoms with Gasteiger partial charge in [-0.05, 0) is 49.7 Å². The second-order valence-electron chi connectivity index (χ2n) is 9.68. The Labute approximate surface area is 228 Å². The molecule has 3 aromatic rings. The molecular formula is C28H34N2O8S. The van der Waals surface area contributed by atoms with E-state index in [2.05, 4.69) is 10.0 Å². The summed E-state index contributed by atoms with van der Waals surface area (Å²) in [7, 11) is -2.73. The van der Waals surface area contributed by atoms with Gasteiger partial charge >= 0.3 is 5.97 Å². The van der Waals surface area contributed by atoms with E-state index >= 15 is 0 Å². The van der Waals surface area contributed by atoms with Crippen molar-refractivity contribution in [2.45, 2.75) is 50.2 Å². The molecule has 210 valence electrons. The van der Waals surface area contributed by atoms with Crippen LogP contribution >= 0.6 is 0 Å². The molecule has 0 aliphatic carbocycles. The van der Waals surface area contributed by atoms with E-state index in [1.54, 1.807) is 39.0 Å². The Morgan fingerprint density at radius 3 is 2.41 bits per heavy atom. The largest absolute Gasteiger partial charge is 0.508 e. The third-order valence-corrected chi connectivity index (χ3v) is 7.02. The van der Waals surface area contributed by atoms with Crippen LogP contribution < -0.4 is 14.8 Å². The van der Waals surface area contributed by atoms with E-state index in [-0.39, 0.29) is 29.4 Å². The fraction of sp³-hybridized carbons (Fsp3) is 0.357.